The molecule has 0 aromatic rings. The second-order valence-electron chi connectivity index (χ2n) is 13.6. The Balaban J connectivity index is 4.56. The van der Waals surface area contributed by atoms with Crippen molar-refractivity contribution >= 4 is 25.7 Å². The van der Waals surface area contributed by atoms with Crippen LogP contribution in [0, 0.1) is 0 Å². The van der Waals surface area contributed by atoms with E-state index in [1.807, 2.05) is 36.5 Å². The number of phosphoric ester groups is 1. The van der Waals surface area contributed by atoms with Crippen molar-refractivity contribution in [3.05, 3.63) is 60.8 Å². The van der Waals surface area contributed by atoms with Gasteiger partial charge in [-0.25, -0.2) is 4.57 Å². The molecule has 13 heteroatoms. The minimum atomic E-state index is -4.74. The van der Waals surface area contributed by atoms with Gasteiger partial charge in [0, 0.05) is 12.8 Å². The van der Waals surface area contributed by atoms with Gasteiger partial charge >= 0.3 is 25.7 Å². The van der Waals surface area contributed by atoms with Crippen molar-refractivity contribution in [2.45, 2.75) is 167 Å². The molecule has 0 amide bonds. The standard InChI is InChI=1S/C42H72NO11P/c1-3-5-7-8-9-10-11-12-15-19-22-25-29-33-41(46)54-38(35-52-55(49,50)53-36-39(43)42(47)48)34-51-40(45)32-28-24-21-18-16-13-14-17-20-23-27-31-37(44)30-26-6-4-2/h10-11,13-14,18,20-21,23,27,31,37-39,44H,3-9,12,15-17,19,22,24-26,28-30,32-36,43H2,1-2H3,(H,47,48)(H,49,50)/b11-10-,14-13-,21-18-,23-20-,31-27+/t37-,38-,39+/m1/s1. The van der Waals surface area contributed by atoms with Gasteiger partial charge in [-0.2, -0.15) is 0 Å². The first kappa shape index (κ1) is 52.1. The molecular formula is C42H72NO11P. The molecule has 4 atom stereocenters. The average molecular weight is 798 g/mol. The monoisotopic (exact) mass is 797 g/mol. The quantitative estimate of drug-likeness (QED) is 0.0153. The summed E-state index contributed by atoms with van der Waals surface area (Å²) in [6.07, 6.45) is 37.6. The van der Waals surface area contributed by atoms with E-state index >= 15 is 0 Å². The first-order valence-corrected chi connectivity index (χ1v) is 21.9. The number of aliphatic hydroxyl groups excluding tert-OH is 1. The van der Waals surface area contributed by atoms with Gasteiger partial charge in [-0.05, 0) is 64.2 Å². The molecular weight excluding hydrogens is 725 g/mol. The van der Waals surface area contributed by atoms with Crippen LogP contribution >= 0.6 is 7.82 Å². The summed E-state index contributed by atoms with van der Waals surface area (Å²) in [7, 11) is -4.74. The molecule has 0 aromatic carbocycles. The maximum absolute atomic E-state index is 12.6. The number of hydrogen-bond donors (Lipinski definition) is 4. The summed E-state index contributed by atoms with van der Waals surface area (Å²) < 4.78 is 32.5. The maximum atomic E-state index is 12.6. The summed E-state index contributed by atoms with van der Waals surface area (Å²) in [5.74, 6) is -2.50. The van der Waals surface area contributed by atoms with Crippen LogP contribution in [-0.2, 0) is 37.5 Å². The van der Waals surface area contributed by atoms with Crippen molar-refractivity contribution in [3.8, 4) is 0 Å². The molecule has 12 nitrogen and oxygen atoms in total. The fourth-order valence-electron chi connectivity index (χ4n) is 5.04. The number of carbonyl (C=O) groups is 3. The Bertz CT molecular complexity index is 1180. The molecule has 55 heavy (non-hydrogen) atoms. The number of phosphoric acid groups is 1. The Morgan fingerprint density at radius 2 is 1.20 bits per heavy atom. The third-order valence-corrected chi connectivity index (χ3v) is 9.29. The van der Waals surface area contributed by atoms with Crippen molar-refractivity contribution < 1.29 is 52.6 Å². The van der Waals surface area contributed by atoms with Gasteiger partial charge in [-0.3, -0.25) is 23.4 Å². The summed E-state index contributed by atoms with van der Waals surface area (Å²) >= 11 is 0. The first-order valence-electron chi connectivity index (χ1n) is 20.4. The fraction of sp³-hybridized carbons (Fsp3) is 0.690. The highest BCUT2D eigenvalue weighted by Crippen LogP contribution is 2.43. The zero-order valence-electron chi connectivity index (χ0n) is 33.6. The highest BCUT2D eigenvalue weighted by molar-refractivity contribution is 7.47. The zero-order valence-corrected chi connectivity index (χ0v) is 34.5. The fourth-order valence-corrected chi connectivity index (χ4v) is 5.82. The SMILES string of the molecule is CCCCCC/C=C\CCCCCCCC(=O)O[C@H](COC(=O)CCC/C=C\C/C=C\C/C=C\C=C\[C@H](O)CCCCC)COP(=O)(O)OC[C@H](N)C(=O)O. The number of nitrogens with two attached hydrogens (primary N) is 1. The third-order valence-electron chi connectivity index (χ3n) is 8.34. The highest BCUT2D eigenvalue weighted by Gasteiger charge is 2.28. The van der Waals surface area contributed by atoms with Gasteiger partial charge in [0.15, 0.2) is 6.10 Å². The molecule has 0 saturated heterocycles. The number of ether oxygens (including phenoxy) is 2. The number of aliphatic carboxylic acids is 1. The molecule has 0 aromatic heterocycles. The van der Waals surface area contributed by atoms with E-state index < -0.39 is 63.8 Å². The van der Waals surface area contributed by atoms with Crippen molar-refractivity contribution in [2.75, 3.05) is 19.8 Å². The van der Waals surface area contributed by atoms with Gasteiger partial charge in [0.05, 0.1) is 19.3 Å². The lowest BCUT2D eigenvalue weighted by molar-refractivity contribution is -0.161. The average Bonchev–Trinajstić information content (AvgIpc) is 3.15. The number of unbranched alkanes of at least 4 members (excludes halogenated alkanes) is 12. The normalized spacial score (nSPS) is 15.0. The number of carboxylic acid groups (broad SMARTS) is 1. The van der Waals surface area contributed by atoms with Crippen LogP contribution in [0.15, 0.2) is 60.8 Å². The number of aliphatic hydroxyl groups is 1. The number of hydrogen-bond acceptors (Lipinski definition) is 10. The van der Waals surface area contributed by atoms with E-state index in [1.54, 1.807) is 0 Å². The Morgan fingerprint density at radius 1 is 0.655 bits per heavy atom. The van der Waals surface area contributed by atoms with E-state index in [1.165, 1.54) is 25.7 Å². The molecule has 316 valence electrons. The lowest BCUT2D eigenvalue weighted by Crippen LogP contribution is -2.34. The Morgan fingerprint density at radius 3 is 1.89 bits per heavy atom. The third kappa shape index (κ3) is 36.5. The Kier molecular flexibility index (Phi) is 34.8. The van der Waals surface area contributed by atoms with E-state index in [0.29, 0.717) is 19.3 Å². The van der Waals surface area contributed by atoms with Crippen LogP contribution in [0.2, 0.25) is 0 Å². The van der Waals surface area contributed by atoms with Crippen molar-refractivity contribution in [1.82, 2.24) is 0 Å². The second kappa shape index (κ2) is 36.8. The first-order chi connectivity index (χ1) is 26.5. The summed E-state index contributed by atoms with van der Waals surface area (Å²) in [5, 5.41) is 18.7. The number of carboxylic acids is 1. The van der Waals surface area contributed by atoms with Crippen molar-refractivity contribution in [2.24, 2.45) is 5.73 Å². The molecule has 0 aliphatic rings. The van der Waals surface area contributed by atoms with Gasteiger partial charge in [0.1, 0.15) is 12.6 Å². The molecule has 1 unspecified atom stereocenters. The molecule has 0 bridgehead atoms. The minimum absolute atomic E-state index is 0.122. The molecule has 0 saturated carbocycles. The van der Waals surface area contributed by atoms with Crippen molar-refractivity contribution in [3.63, 3.8) is 0 Å². The van der Waals surface area contributed by atoms with Crippen LogP contribution < -0.4 is 5.73 Å². The summed E-state index contributed by atoms with van der Waals surface area (Å²) in [6.45, 7) is 2.56. The van der Waals surface area contributed by atoms with Gasteiger partial charge in [-0.1, -0.05) is 132 Å². The number of esters is 2. The van der Waals surface area contributed by atoms with Gasteiger partial charge in [0.25, 0.3) is 0 Å². The van der Waals surface area contributed by atoms with Gasteiger partial charge in [-0.15, -0.1) is 0 Å². The molecule has 0 heterocycles. The Labute approximate surface area is 330 Å². The van der Waals surface area contributed by atoms with E-state index in [0.717, 1.165) is 77.0 Å². The minimum Gasteiger partial charge on any atom is -0.480 e. The largest absolute Gasteiger partial charge is 0.480 e. The molecule has 0 aliphatic carbocycles. The lowest BCUT2D eigenvalue weighted by atomic mass is 10.1. The molecule has 0 radical (unpaired) electrons. The molecule has 0 rings (SSSR count). The topological polar surface area (TPSA) is 192 Å². The van der Waals surface area contributed by atoms with Crippen LogP contribution in [0.5, 0.6) is 0 Å². The molecule has 5 N–H and O–H groups in total. The summed E-state index contributed by atoms with van der Waals surface area (Å²) in [4.78, 5) is 45.8. The Hall–Kier alpha value is -2.86. The van der Waals surface area contributed by atoms with Crippen LogP contribution in [0.1, 0.15) is 149 Å². The van der Waals surface area contributed by atoms with E-state index in [-0.39, 0.29) is 12.8 Å². The number of rotatable bonds is 37. The summed E-state index contributed by atoms with van der Waals surface area (Å²) in [5.41, 5.74) is 5.31. The van der Waals surface area contributed by atoms with Gasteiger partial charge < -0.3 is 30.3 Å². The van der Waals surface area contributed by atoms with E-state index in [2.05, 4.69) is 42.7 Å². The summed E-state index contributed by atoms with van der Waals surface area (Å²) in [6, 6.07) is -1.54. The molecule has 0 spiro atoms. The van der Waals surface area contributed by atoms with Crippen LogP contribution in [0.3, 0.4) is 0 Å². The maximum Gasteiger partial charge on any atom is 0.472 e. The van der Waals surface area contributed by atoms with E-state index in [9.17, 15) is 28.9 Å². The number of allylic oxidation sites excluding steroid dienone is 9. The van der Waals surface area contributed by atoms with Crippen LogP contribution in [-0.4, -0.2) is 71.1 Å². The lowest BCUT2D eigenvalue weighted by Gasteiger charge is -2.20. The second-order valence-corrected chi connectivity index (χ2v) is 15.1. The predicted molar refractivity (Wildman–Crippen MR) is 218 cm³/mol. The smallest absolute Gasteiger partial charge is 0.472 e. The van der Waals surface area contributed by atoms with Crippen LogP contribution in [0.25, 0.3) is 0 Å². The van der Waals surface area contributed by atoms with Crippen LogP contribution in [0.4, 0.5) is 0 Å². The molecule has 0 aliphatic heterocycles. The zero-order chi connectivity index (χ0) is 40.8. The highest BCUT2D eigenvalue weighted by atomic mass is 31.2. The van der Waals surface area contributed by atoms with Gasteiger partial charge in [0.2, 0.25) is 0 Å². The molecule has 0 fully saturated rings. The number of carbonyl (C=O) groups excluding carboxylic acids is 2. The van der Waals surface area contributed by atoms with Crippen molar-refractivity contribution in [1.29, 1.82) is 0 Å². The van der Waals surface area contributed by atoms with E-state index in [4.69, 9.17) is 24.8 Å². The predicted octanol–water partition coefficient (Wildman–Crippen LogP) is 9.36.